The molecule has 4 heteroatoms. The van der Waals surface area contributed by atoms with E-state index in [2.05, 4.69) is 5.16 Å². The zero-order valence-corrected chi connectivity index (χ0v) is 8.00. The monoisotopic (exact) mass is 183 g/mol. The molecule has 0 saturated heterocycles. The highest BCUT2D eigenvalue weighted by molar-refractivity contribution is 5.68. The minimum absolute atomic E-state index is 0.0382. The number of aliphatic carboxylic acids is 1. The predicted octanol–water partition coefficient (Wildman–Crippen LogP) is 1.87. The lowest BCUT2D eigenvalue weighted by molar-refractivity contribution is -0.137. The maximum absolute atomic E-state index is 10.5. The molecular weight excluding hydrogens is 170 g/mol. The second kappa shape index (κ2) is 3.60. The Morgan fingerprint density at radius 3 is 2.62 bits per heavy atom. The molecule has 1 atom stereocenters. The van der Waals surface area contributed by atoms with Crippen LogP contribution in [0.25, 0.3) is 0 Å². The van der Waals surface area contributed by atoms with Gasteiger partial charge in [0.05, 0.1) is 12.1 Å². The fourth-order valence-corrected chi connectivity index (χ4v) is 1.56. The molecule has 0 aliphatic rings. The molecule has 0 amide bonds. The lowest BCUT2D eigenvalue weighted by atomic mass is 9.96. The summed E-state index contributed by atoms with van der Waals surface area (Å²) in [6.45, 7) is 5.48. The van der Waals surface area contributed by atoms with Crippen molar-refractivity contribution in [3.8, 4) is 0 Å². The molecule has 0 aromatic carbocycles. The number of nitrogens with zero attached hydrogens (tertiary/aromatic N) is 1. The Labute approximate surface area is 76.5 Å². The molecule has 0 radical (unpaired) electrons. The molecule has 0 bridgehead atoms. The van der Waals surface area contributed by atoms with Crippen molar-refractivity contribution in [1.29, 1.82) is 0 Å². The van der Waals surface area contributed by atoms with E-state index in [0.717, 1.165) is 11.3 Å². The van der Waals surface area contributed by atoms with Crippen LogP contribution in [-0.4, -0.2) is 16.2 Å². The topological polar surface area (TPSA) is 63.3 Å². The van der Waals surface area contributed by atoms with Crippen LogP contribution in [0.1, 0.15) is 36.3 Å². The van der Waals surface area contributed by atoms with Crippen LogP contribution in [-0.2, 0) is 4.79 Å². The quantitative estimate of drug-likeness (QED) is 0.776. The van der Waals surface area contributed by atoms with Crippen LogP contribution < -0.4 is 0 Å². The number of aromatic nitrogens is 1. The van der Waals surface area contributed by atoms with E-state index in [1.54, 1.807) is 6.92 Å². The Balaban J connectivity index is 2.87. The minimum atomic E-state index is -0.799. The van der Waals surface area contributed by atoms with Gasteiger partial charge in [-0.05, 0) is 19.8 Å². The number of hydrogen-bond acceptors (Lipinski definition) is 3. The fraction of sp³-hybridized carbons (Fsp3) is 0.556. The predicted molar refractivity (Wildman–Crippen MR) is 46.6 cm³/mol. The van der Waals surface area contributed by atoms with E-state index in [1.807, 2.05) is 13.8 Å². The second-order valence-electron chi connectivity index (χ2n) is 3.24. The number of carbonyl (C=O) groups is 1. The van der Waals surface area contributed by atoms with Gasteiger partial charge in [-0.3, -0.25) is 4.79 Å². The maximum Gasteiger partial charge on any atom is 0.303 e. The molecule has 0 spiro atoms. The van der Waals surface area contributed by atoms with E-state index < -0.39 is 5.97 Å². The summed E-state index contributed by atoms with van der Waals surface area (Å²) >= 11 is 0. The average Bonchev–Trinajstić information content (AvgIpc) is 2.29. The molecule has 1 rings (SSSR count). The molecule has 0 aliphatic carbocycles. The third-order valence-corrected chi connectivity index (χ3v) is 2.06. The molecule has 0 saturated carbocycles. The zero-order chi connectivity index (χ0) is 10.0. The van der Waals surface area contributed by atoms with Gasteiger partial charge < -0.3 is 9.63 Å². The Kier molecular flexibility index (Phi) is 2.70. The van der Waals surface area contributed by atoms with Crippen LogP contribution in [0.3, 0.4) is 0 Å². The van der Waals surface area contributed by atoms with Crippen LogP contribution in [0, 0.1) is 13.8 Å². The first-order chi connectivity index (χ1) is 6.02. The molecule has 0 aliphatic heterocycles. The summed E-state index contributed by atoms with van der Waals surface area (Å²) in [7, 11) is 0. The Morgan fingerprint density at radius 2 is 2.23 bits per heavy atom. The van der Waals surface area contributed by atoms with Crippen molar-refractivity contribution in [2.75, 3.05) is 0 Å². The number of carboxylic acids is 1. The fourth-order valence-electron chi connectivity index (χ4n) is 1.56. The van der Waals surface area contributed by atoms with Gasteiger partial charge in [0.1, 0.15) is 5.76 Å². The van der Waals surface area contributed by atoms with Crippen LogP contribution in [0.4, 0.5) is 0 Å². The second-order valence-corrected chi connectivity index (χ2v) is 3.24. The SMILES string of the molecule is Cc1noc(C)c1C(C)CC(=O)O. The summed E-state index contributed by atoms with van der Waals surface area (Å²) in [4.78, 5) is 10.5. The van der Waals surface area contributed by atoms with Gasteiger partial charge in [0.25, 0.3) is 0 Å². The van der Waals surface area contributed by atoms with E-state index >= 15 is 0 Å². The number of rotatable bonds is 3. The van der Waals surface area contributed by atoms with Crippen LogP contribution >= 0.6 is 0 Å². The van der Waals surface area contributed by atoms with Gasteiger partial charge in [0.15, 0.2) is 0 Å². The van der Waals surface area contributed by atoms with Gasteiger partial charge in [0, 0.05) is 5.56 Å². The van der Waals surface area contributed by atoms with Gasteiger partial charge in [-0.15, -0.1) is 0 Å². The Bertz CT molecular complexity index is 297. The lowest BCUT2D eigenvalue weighted by Gasteiger charge is -2.06. The van der Waals surface area contributed by atoms with Crippen molar-refractivity contribution in [1.82, 2.24) is 5.16 Å². The van der Waals surface area contributed by atoms with Gasteiger partial charge in [-0.2, -0.15) is 0 Å². The van der Waals surface area contributed by atoms with E-state index in [0.29, 0.717) is 5.76 Å². The molecule has 72 valence electrons. The third-order valence-electron chi connectivity index (χ3n) is 2.06. The number of hydrogen-bond donors (Lipinski definition) is 1. The van der Waals surface area contributed by atoms with E-state index in [4.69, 9.17) is 9.63 Å². The van der Waals surface area contributed by atoms with Crippen molar-refractivity contribution in [2.24, 2.45) is 0 Å². The van der Waals surface area contributed by atoms with Crippen LogP contribution in [0.2, 0.25) is 0 Å². The highest BCUT2D eigenvalue weighted by Crippen LogP contribution is 2.25. The Morgan fingerprint density at radius 1 is 1.62 bits per heavy atom. The summed E-state index contributed by atoms with van der Waals surface area (Å²) in [5, 5.41) is 12.4. The zero-order valence-electron chi connectivity index (χ0n) is 8.00. The number of carboxylic acid groups (broad SMARTS) is 1. The summed E-state index contributed by atoms with van der Waals surface area (Å²) in [6.07, 6.45) is 0.114. The largest absolute Gasteiger partial charge is 0.481 e. The molecule has 1 heterocycles. The first-order valence-corrected chi connectivity index (χ1v) is 4.17. The molecule has 0 fully saturated rings. The molecular formula is C9H13NO3. The van der Waals surface area contributed by atoms with Crippen LogP contribution in [0.5, 0.6) is 0 Å². The Hall–Kier alpha value is -1.32. The van der Waals surface area contributed by atoms with Crippen molar-refractivity contribution < 1.29 is 14.4 Å². The van der Waals surface area contributed by atoms with E-state index in [1.165, 1.54) is 0 Å². The number of aryl methyl sites for hydroxylation is 2. The summed E-state index contributed by atoms with van der Waals surface area (Å²) in [5.74, 6) is -0.123. The highest BCUT2D eigenvalue weighted by atomic mass is 16.5. The van der Waals surface area contributed by atoms with E-state index in [9.17, 15) is 4.79 Å². The third kappa shape index (κ3) is 2.08. The van der Waals surface area contributed by atoms with Crippen molar-refractivity contribution >= 4 is 5.97 Å². The molecule has 1 aromatic heterocycles. The highest BCUT2D eigenvalue weighted by Gasteiger charge is 2.18. The first kappa shape index (κ1) is 9.77. The minimum Gasteiger partial charge on any atom is -0.481 e. The summed E-state index contributed by atoms with van der Waals surface area (Å²) in [6, 6.07) is 0. The van der Waals surface area contributed by atoms with Gasteiger partial charge in [0.2, 0.25) is 0 Å². The van der Waals surface area contributed by atoms with Crippen molar-refractivity contribution in [3.05, 3.63) is 17.0 Å². The lowest BCUT2D eigenvalue weighted by Crippen LogP contribution is -2.04. The normalized spacial score (nSPS) is 12.8. The van der Waals surface area contributed by atoms with Gasteiger partial charge >= 0.3 is 5.97 Å². The van der Waals surface area contributed by atoms with Crippen molar-refractivity contribution in [2.45, 2.75) is 33.1 Å². The molecule has 4 nitrogen and oxygen atoms in total. The average molecular weight is 183 g/mol. The molecule has 1 N–H and O–H groups in total. The molecule has 1 aromatic rings. The summed E-state index contributed by atoms with van der Waals surface area (Å²) in [5.41, 5.74) is 1.70. The van der Waals surface area contributed by atoms with Gasteiger partial charge in [-0.1, -0.05) is 12.1 Å². The summed E-state index contributed by atoms with van der Waals surface area (Å²) < 4.78 is 4.96. The molecule has 13 heavy (non-hydrogen) atoms. The van der Waals surface area contributed by atoms with Gasteiger partial charge in [-0.25, -0.2) is 0 Å². The molecule has 1 unspecified atom stereocenters. The van der Waals surface area contributed by atoms with E-state index in [-0.39, 0.29) is 12.3 Å². The maximum atomic E-state index is 10.5. The standard InChI is InChI=1S/C9H13NO3/c1-5(4-8(11)12)9-6(2)10-13-7(9)3/h5H,4H2,1-3H3,(H,11,12). The smallest absolute Gasteiger partial charge is 0.303 e. The first-order valence-electron chi connectivity index (χ1n) is 4.17. The van der Waals surface area contributed by atoms with Crippen LogP contribution in [0.15, 0.2) is 4.52 Å². The van der Waals surface area contributed by atoms with Crippen molar-refractivity contribution in [3.63, 3.8) is 0 Å².